The van der Waals surface area contributed by atoms with Crippen molar-refractivity contribution in [2.75, 3.05) is 24.6 Å². The van der Waals surface area contributed by atoms with Gasteiger partial charge in [0.05, 0.1) is 0 Å². The minimum absolute atomic E-state index is 0.0818. The average molecular weight is 426 g/mol. The Morgan fingerprint density at radius 1 is 0.929 bits per heavy atom. The summed E-state index contributed by atoms with van der Waals surface area (Å²) in [7, 11) is 0. The van der Waals surface area contributed by atoms with Crippen LogP contribution in [0.15, 0.2) is 18.2 Å². The fraction of sp³-hybridized carbons (Fsp3) is 0.550. The van der Waals surface area contributed by atoms with E-state index in [-0.39, 0.29) is 30.2 Å². The molecule has 0 aliphatic rings. The van der Waals surface area contributed by atoms with Crippen molar-refractivity contribution in [3.63, 3.8) is 0 Å². The number of thiol groups is 1. The highest BCUT2D eigenvalue weighted by atomic mass is 32.2. The molecule has 0 saturated carbocycles. The second-order valence-corrected chi connectivity index (χ2v) is 9.08. The van der Waals surface area contributed by atoms with Gasteiger partial charge >= 0.3 is 0 Å². The lowest BCUT2D eigenvalue weighted by molar-refractivity contribution is -0.124. The van der Waals surface area contributed by atoms with Crippen LogP contribution >= 0.6 is 24.4 Å². The summed E-state index contributed by atoms with van der Waals surface area (Å²) < 4.78 is 0. The minimum atomic E-state index is -0.268. The van der Waals surface area contributed by atoms with Gasteiger partial charge in [-0.25, -0.2) is 0 Å². The summed E-state index contributed by atoms with van der Waals surface area (Å²) in [6.45, 7) is 9.08. The smallest absolute Gasteiger partial charge is 0.251 e. The molecule has 1 aromatic carbocycles. The molecule has 0 bridgehead atoms. The van der Waals surface area contributed by atoms with Crippen LogP contribution in [-0.4, -0.2) is 47.6 Å². The van der Waals surface area contributed by atoms with E-state index in [4.69, 9.17) is 0 Å². The molecule has 0 aromatic heterocycles. The number of hydrogen-bond donors (Lipinski definition) is 4. The Hall–Kier alpha value is -1.67. The van der Waals surface area contributed by atoms with Crippen molar-refractivity contribution < 1.29 is 14.4 Å². The largest absolute Gasteiger partial charge is 0.352 e. The van der Waals surface area contributed by atoms with E-state index in [0.717, 1.165) is 5.75 Å². The second kappa shape index (κ2) is 12.7. The highest BCUT2D eigenvalue weighted by Crippen LogP contribution is 2.12. The monoisotopic (exact) mass is 425 g/mol. The zero-order valence-corrected chi connectivity index (χ0v) is 18.7. The molecule has 1 rings (SSSR count). The number of thioether (sulfide) groups is 1. The number of carbonyl (C=O) groups is 3. The maximum absolute atomic E-state index is 12.5. The maximum atomic E-state index is 12.5. The lowest BCUT2D eigenvalue weighted by Gasteiger charge is -2.12. The third-order valence-corrected chi connectivity index (χ3v) is 5.07. The Labute approximate surface area is 177 Å². The zero-order chi connectivity index (χ0) is 21.1. The Bertz CT molecular complexity index is 679. The van der Waals surface area contributed by atoms with Gasteiger partial charge in [0.2, 0.25) is 5.91 Å². The predicted octanol–water partition coefficient (Wildman–Crippen LogP) is 2.49. The predicted molar refractivity (Wildman–Crippen MR) is 119 cm³/mol. The number of nitrogens with one attached hydrogen (secondary N) is 3. The number of rotatable bonds is 11. The van der Waals surface area contributed by atoms with Crippen LogP contribution in [0.25, 0.3) is 0 Å². The Kier molecular flexibility index (Phi) is 11.1. The molecule has 0 fully saturated rings. The lowest BCUT2D eigenvalue weighted by atomic mass is 10.0. The molecule has 0 aliphatic heterocycles. The first-order valence-corrected chi connectivity index (χ1v) is 11.1. The quantitative estimate of drug-likeness (QED) is 0.324. The van der Waals surface area contributed by atoms with Gasteiger partial charge in [0.15, 0.2) is 0 Å². The molecule has 3 amide bonds. The average Bonchev–Trinajstić information content (AvgIpc) is 2.66. The summed E-state index contributed by atoms with van der Waals surface area (Å²) in [5.74, 6) is 0.629. The van der Waals surface area contributed by atoms with Gasteiger partial charge in [0.25, 0.3) is 11.8 Å². The van der Waals surface area contributed by atoms with Gasteiger partial charge < -0.3 is 16.0 Å². The SMILES string of the molecule is CC(C)SCCNC(=O)c1cc(CNC(=O)C(C)C)cc(C(=O)NCCS)c1. The van der Waals surface area contributed by atoms with Crippen LogP contribution < -0.4 is 16.0 Å². The molecule has 0 aliphatic carbocycles. The molecular formula is C20H31N3O3S2. The topological polar surface area (TPSA) is 87.3 Å². The van der Waals surface area contributed by atoms with Crippen molar-refractivity contribution in [2.24, 2.45) is 5.92 Å². The van der Waals surface area contributed by atoms with Crippen molar-refractivity contribution in [1.82, 2.24) is 16.0 Å². The van der Waals surface area contributed by atoms with Crippen LogP contribution in [0.5, 0.6) is 0 Å². The van der Waals surface area contributed by atoms with E-state index in [1.54, 1.807) is 30.0 Å². The highest BCUT2D eigenvalue weighted by Gasteiger charge is 2.14. The van der Waals surface area contributed by atoms with Crippen LogP contribution in [0, 0.1) is 5.92 Å². The van der Waals surface area contributed by atoms with E-state index in [0.29, 0.717) is 40.8 Å². The Morgan fingerprint density at radius 3 is 2.00 bits per heavy atom. The molecule has 1 aromatic rings. The number of hydrogen-bond acceptors (Lipinski definition) is 5. The molecule has 0 radical (unpaired) electrons. The third-order valence-electron chi connectivity index (χ3n) is 3.74. The molecule has 0 unspecified atom stereocenters. The van der Waals surface area contributed by atoms with Gasteiger partial charge in [-0.3, -0.25) is 14.4 Å². The van der Waals surface area contributed by atoms with Crippen LogP contribution in [0.4, 0.5) is 0 Å². The summed E-state index contributed by atoms with van der Waals surface area (Å²) in [4.78, 5) is 36.7. The molecule has 0 spiro atoms. The first-order valence-electron chi connectivity index (χ1n) is 9.45. The molecular weight excluding hydrogens is 394 g/mol. The third kappa shape index (κ3) is 9.01. The molecule has 3 N–H and O–H groups in total. The van der Waals surface area contributed by atoms with E-state index >= 15 is 0 Å². The van der Waals surface area contributed by atoms with Gasteiger partial charge in [-0.1, -0.05) is 27.7 Å². The van der Waals surface area contributed by atoms with Crippen molar-refractivity contribution in [2.45, 2.75) is 39.5 Å². The van der Waals surface area contributed by atoms with E-state index in [9.17, 15) is 14.4 Å². The summed E-state index contributed by atoms with van der Waals surface area (Å²) in [5.41, 5.74) is 1.50. The van der Waals surface area contributed by atoms with Gasteiger partial charge in [0.1, 0.15) is 0 Å². The van der Waals surface area contributed by atoms with Crippen molar-refractivity contribution in [3.05, 3.63) is 34.9 Å². The van der Waals surface area contributed by atoms with Gasteiger partial charge in [-0.2, -0.15) is 24.4 Å². The molecule has 0 heterocycles. The lowest BCUT2D eigenvalue weighted by Crippen LogP contribution is -2.30. The van der Waals surface area contributed by atoms with Crippen LogP contribution in [-0.2, 0) is 11.3 Å². The number of carbonyl (C=O) groups excluding carboxylic acids is 3. The van der Waals surface area contributed by atoms with E-state index in [1.807, 2.05) is 13.8 Å². The van der Waals surface area contributed by atoms with Gasteiger partial charge in [0, 0.05) is 48.2 Å². The fourth-order valence-corrected chi connectivity index (χ4v) is 3.09. The normalized spacial score (nSPS) is 10.8. The number of benzene rings is 1. The van der Waals surface area contributed by atoms with Crippen LogP contribution in [0.3, 0.4) is 0 Å². The van der Waals surface area contributed by atoms with E-state index in [2.05, 4.69) is 42.4 Å². The van der Waals surface area contributed by atoms with Crippen LogP contribution in [0.1, 0.15) is 54.0 Å². The Morgan fingerprint density at radius 2 is 1.50 bits per heavy atom. The minimum Gasteiger partial charge on any atom is -0.352 e. The first-order chi connectivity index (χ1) is 13.2. The zero-order valence-electron chi connectivity index (χ0n) is 17.0. The summed E-state index contributed by atoms with van der Waals surface area (Å²) in [5, 5.41) is 8.96. The molecule has 0 saturated heterocycles. The van der Waals surface area contributed by atoms with E-state index < -0.39 is 0 Å². The molecule has 0 atom stereocenters. The fourth-order valence-electron chi connectivity index (χ4n) is 2.28. The first kappa shape index (κ1) is 24.4. The maximum Gasteiger partial charge on any atom is 0.251 e. The van der Waals surface area contributed by atoms with Gasteiger partial charge in [-0.15, -0.1) is 0 Å². The standard InChI is InChI=1S/C20H31N3O3S2/c1-13(2)18(24)23-12-15-9-16(19(25)21-5-7-27)11-17(10-15)20(26)22-6-8-28-14(3)4/h9-11,13-14,27H,5-8,12H2,1-4H3,(H,21,25)(H,22,26)(H,23,24). The van der Waals surface area contributed by atoms with Crippen molar-refractivity contribution >= 4 is 42.1 Å². The highest BCUT2D eigenvalue weighted by molar-refractivity contribution is 7.99. The molecule has 6 nitrogen and oxygen atoms in total. The molecule has 156 valence electrons. The Balaban J connectivity index is 2.93. The van der Waals surface area contributed by atoms with E-state index in [1.165, 1.54) is 0 Å². The van der Waals surface area contributed by atoms with Crippen molar-refractivity contribution in [1.29, 1.82) is 0 Å². The molecule has 8 heteroatoms. The number of amides is 3. The summed E-state index contributed by atoms with van der Waals surface area (Å²) >= 11 is 5.86. The molecule has 28 heavy (non-hydrogen) atoms. The summed E-state index contributed by atoms with van der Waals surface area (Å²) in [6, 6.07) is 4.98. The van der Waals surface area contributed by atoms with Gasteiger partial charge in [-0.05, 0) is 29.0 Å². The van der Waals surface area contributed by atoms with Crippen LogP contribution in [0.2, 0.25) is 0 Å². The van der Waals surface area contributed by atoms with Crippen molar-refractivity contribution in [3.8, 4) is 0 Å². The summed E-state index contributed by atoms with van der Waals surface area (Å²) in [6.07, 6.45) is 0. The second-order valence-electron chi connectivity index (χ2n) is 6.95.